The van der Waals surface area contributed by atoms with Crippen LogP contribution in [-0.4, -0.2) is 57.0 Å². The van der Waals surface area contributed by atoms with Crippen LogP contribution in [0.2, 0.25) is 0 Å². The standard InChI is InChI=1S/C36H43N5O4/c1-24-23-45-34(39-24)31-14-9-15-41(31)35(44)28-13-8-12-27(18-28)33(43)40-30(17-25-10-6-5-7-11-25)32(42)22-38-20-26-16-29(21-37-19-26)36(2,3)4/h5-8,10-13,16,18-19,21,23,30-32,38,42H,9,14-15,17,20,22H2,1-4H3,(H,40,43)/t30-,31+,32-/m0/s1. The average molecular weight is 610 g/mol. The topological polar surface area (TPSA) is 121 Å². The minimum Gasteiger partial charge on any atom is -0.446 e. The first-order valence-corrected chi connectivity index (χ1v) is 15.6. The van der Waals surface area contributed by atoms with Crippen molar-refractivity contribution in [1.82, 2.24) is 25.5 Å². The fraction of sp³-hybridized carbons (Fsp3) is 0.389. The molecule has 3 atom stereocenters. The first-order valence-electron chi connectivity index (χ1n) is 15.6. The van der Waals surface area contributed by atoms with E-state index in [4.69, 9.17) is 4.42 Å². The molecule has 0 radical (unpaired) electrons. The summed E-state index contributed by atoms with van der Waals surface area (Å²) >= 11 is 0. The Bertz CT molecular complexity index is 1600. The quantitative estimate of drug-likeness (QED) is 0.215. The number of pyridine rings is 1. The molecule has 236 valence electrons. The van der Waals surface area contributed by atoms with Crippen LogP contribution < -0.4 is 10.6 Å². The van der Waals surface area contributed by atoms with E-state index in [1.165, 1.54) is 0 Å². The number of nitrogens with zero attached hydrogens (tertiary/aromatic N) is 3. The molecule has 0 spiro atoms. The van der Waals surface area contributed by atoms with Crippen LogP contribution in [0, 0.1) is 6.92 Å². The van der Waals surface area contributed by atoms with E-state index in [0.29, 0.717) is 36.5 Å². The van der Waals surface area contributed by atoms with Gasteiger partial charge in [0.15, 0.2) is 0 Å². The number of likely N-dealkylation sites (tertiary alicyclic amines) is 1. The Morgan fingerprint density at radius 3 is 2.56 bits per heavy atom. The highest BCUT2D eigenvalue weighted by Gasteiger charge is 2.34. The molecule has 2 amide bonds. The van der Waals surface area contributed by atoms with Crippen LogP contribution in [0.1, 0.15) is 88.6 Å². The number of carbonyl (C=O) groups is 2. The lowest BCUT2D eigenvalue weighted by Gasteiger charge is -2.25. The van der Waals surface area contributed by atoms with Crippen molar-refractivity contribution in [2.45, 2.75) is 77.1 Å². The predicted octanol–water partition coefficient (Wildman–Crippen LogP) is 5.14. The lowest BCUT2D eigenvalue weighted by Crippen LogP contribution is -2.48. The number of benzene rings is 2. The number of oxazole rings is 1. The monoisotopic (exact) mass is 609 g/mol. The van der Waals surface area contributed by atoms with Crippen molar-refractivity contribution in [2.24, 2.45) is 0 Å². The third-order valence-electron chi connectivity index (χ3n) is 8.23. The maximum atomic E-state index is 13.6. The molecule has 4 aromatic rings. The number of aliphatic hydroxyl groups excluding tert-OH is 1. The smallest absolute Gasteiger partial charge is 0.254 e. The molecule has 2 aromatic heterocycles. The minimum atomic E-state index is -0.868. The molecule has 0 bridgehead atoms. The second-order valence-electron chi connectivity index (χ2n) is 12.9. The first kappa shape index (κ1) is 32.1. The van der Waals surface area contributed by atoms with Crippen molar-refractivity contribution < 1.29 is 19.1 Å². The molecule has 1 aliphatic heterocycles. The van der Waals surface area contributed by atoms with E-state index in [2.05, 4.69) is 47.4 Å². The van der Waals surface area contributed by atoms with Gasteiger partial charge in [0.2, 0.25) is 5.89 Å². The van der Waals surface area contributed by atoms with E-state index in [9.17, 15) is 14.7 Å². The van der Waals surface area contributed by atoms with E-state index in [1.807, 2.05) is 49.6 Å². The Kier molecular flexibility index (Phi) is 10.1. The molecule has 0 unspecified atom stereocenters. The van der Waals surface area contributed by atoms with Crippen LogP contribution in [0.5, 0.6) is 0 Å². The SMILES string of the molecule is Cc1coc([C@H]2CCCN2C(=O)c2cccc(C(=O)N[C@@H](Cc3ccccc3)[C@@H](O)CNCc3cncc(C(C)(C)C)c3)c2)n1. The molecule has 1 aliphatic rings. The number of hydrogen-bond acceptors (Lipinski definition) is 7. The maximum absolute atomic E-state index is 13.6. The number of hydrogen-bond donors (Lipinski definition) is 3. The van der Waals surface area contributed by atoms with Crippen molar-refractivity contribution in [3.8, 4) is 0 Å². The molecule has 9 nitrogen and oxygen atoms in total. The number of nitrogens with one attached hydrogen (secondary N) is 2. The molecule has 2 aromatic carbocycles. The Hall–Kier alpha value is -4.34. The summed E-state index contributed by atoms with van der Waals surface area (Å²) in [5.74, 6) is 0.0165. The highest BCUT2D eigenvalue weighted by molar-refractivity contribution is 6.00. The molecule has 0 aliphatic carbocycles. The van der Waals surface area contributed by atoms with E-state index in [0.717, 1.165) is 35.2 Å². The second kappa shape index (κ2) is 14.2. The van der Waals surface area contributed by atoms with Crippen LogP contribution in [0.25, 0.3) is 0 Å². The zero-order valence-corrected chi connectivity index (χ0v) is 26.5. The Morgan fingerprint density at radius 1 is 1.04 bits per heavy atom. The van der Waals surface area contributed by atoms with Gasteiger partial charge in [-0.3, -0.25) is 14.6 Å². The van der Waals surface area contributed by atoms with Gasteiger partial charge >= 0.3 is 0 Å². The molecule has 1 saturated heterocycles. The molecule has 45 heavy (non-hydrogen) atoms. The average Bonchev–Trinajstić information content (AvgIpc) is 3.70. The lowest BCUT2D eigenvalue weighted by atomic mass is 9.88. The summed E-state index contributed by atoms with van der Waals surface area (Å²) in [4.78, 5) is 37.7. The summed E-state index contributed by atoms with van der Waals surface area (Å²) in [5, 5.41) is 17.7. The van der Waals surface area contributed by atoms with Crippen molar-refractivity contribution in [3.05, 3.63) is 119 Å². The van der Waals surface area contributed by atoms with Gasteiger partial charge < -0.3 is 25.1 Å². The minimum absolute atomic E-state index is 0.0125. The third-order valence-corrected chi connectivity index (χ3v) is 8.23. The maximum Gasteiger partial charge on any atom is 0.254 e. The fourth-order valence-corrected chi connectivity index (χ4v) is 5.66. The fourth-order valence-electron chi connectivity index (χ4n) is 5.66. The van der Waals surface area contributed by atoms with Crippen molar-refractivity contribution >= 4 is 11.8 Å². The van der Waals surface area contributed by atoms with Crippen LogP contribution >= 0.6 is 0 Å². The van der Waals surface area contributed by atoms with Gasteiger partial charge in [-0.1, -0.05) is 63.2 Å². The molecule has 0 saturated carbocycles. The van der Waals surface area contributed by atoms with Gasteiger partial charge in [0.25, 0.3) is 11.8 Å². The summed E-state index contributed by atoms with van der Waals surface area (Å²) in [5.41, 5.74) is 4.70. The summed E-state index contributed by atoms with van der Waals surface area (Å²) in [6.07, 6.45) is 6.50. The van der Waals surface area contributed by atoms with Crippen molar-refractivity contribution in [3.63, 3.8) is 0 Å². The van der Waals surface area contributed by atoms with E-state index >= 15 is 0 Å². The number of aliphatic hydroxyl groups is 1. The molecule has 3 N–H and O–H groups in total. The normalized spacial score (nSPS) is 16.4. The highest BCUT2D eigenvalue weighted by atomic mass is 16.3. The number of carbonyl (C=O) groups excluding carboxylic acids is 2. The van der Waals surface area contributed by atoms with Crippen LogP contribution in [0.15, 0.2) is 83.7 Å². The van der Waals surface area contributed by atoms with Gasteiger partial charge in [0.05, 0.1) is 17.8 Å². The molecular weight excluding hydrogens is 566 g/mol. The van der Waals surface area contributed by atoms with Gasteiger partial charge in [-0.2, -0.15) is 0 Å². The molecule has 5 rings (SSSR count). The number of aromatic nitrogens is 2. The molecule has 3 heterocycles. The van der Waals surface area contributed by atoms with E-state index < -0.39 is 12.1 Å². The number of amides is 2. The van der Waals surface area contributed by atoms with Crippen molar-refractivity contribution in [1.29, 1.82) is 0 Å². The first-order chi connectivity index (χ1) is 21.6. The van der Waals surface area contributed by atoms with Crippen LogP contribution in [0.4, 0.5) is 0 Å². The van der Waals surface area contributed by atoms with Gasteiger partial charge in [0.1, 0.15) is 12.3 Å². The molecular formula is C36H43N5O4. The highest BCUT2D eigenvalue weighted by Crippen LogP contribution is 2.32. The van der Waals surface area contributed by atoms with E-state index in [1.54, 1.807) is 35.4 Å². The predicted molar refractivity (Wildman–Crippen MR) is 173 cm³/mol. The third kappa shape index (κ3) is 8.23. The second-order valence-corrected chi connectivity index (χ2v) is 12.9. The lowest BCUT2D eigenvalue weighted by molar-refractivity contribution is 0.0715. The Morgan fingerprint density at radius 2 is 1.82 bits per heavy atom. The number of rotatable bonds is 11. The van der Waals surface area contributed by atoms with Gasteiger partial charge in [-0.05, 0) is 66.5 Å². The van der Waals surface area contributed by atoms with Gasteiger partial charge in [-0.25, -0.2) is 4.98 Å². The van der Waals surface area contributed by atoms with Gasteiger partial charge in [0, 0.05) is 43.2 Å². The van der Waals surface area contributed by atoms with Crippen LogP contribution in [-0.2, 0) is 18.4 Å². The zero-order chi connectivity index (χ0) is 32.0. The molecule has 9 heteroatoms. The summed E-state index contributed by atoms with van der Waals surface area (Å²) in [7, 11) is 0. The van der Waals surface area contributed by atoms with Crippen molar-refractivity contribution in [2.75, 3.05) is 13.1 Å². The zero-order valence-electron chi connectivity index (χ0n) is 26.5. The Balaban J connectivity index is 1.26. The van der Waals surface area contributed by atoms with Gasteiger partial charge in [-0.15, -0.1) is 0 Å². The van der Waals surface area contributed by atoms with Crippen LogP contribution in [0.3, 0.4) is 0 Å². The Labute approximate surface area is 265 Å². The summed E-state index contributed by atoms with van der Waals surface area (Å²) in [6.45, 7) is 9.70. The number of aryl methyl sites for hydroxylation is 1. The largest absolute Gasteiger partial charge is 0.446 e. The molecule has 1 fully saturated rings. The van der Waals surface area contributed by atoms with E-state index in [-0.39, 0.29) is 29.8 Å². The summed E-state index contributed by atoms with van der Waals surface area (Å²) in [6, 6.07) is 17.8. The summed E-state index contributed by atoms with van der Waals surface area (Å²) < 4.78 is 5.61.